The number of carbonyl (C=O) groups is 1. The standard InChI is InChI=1S/C12H14N4O2/c1-8-9(6-13)2-3-11(14-8)15-10-4-5-16(7-10)12(17)18/h2-3,10H,4-5,7H2,1H3,(H,14,15)(H,17,18)/t10-/m0/s1. The van der Waals surface area contributed by atoms with Crippen molar-refractivity contribution in [3.63, 3.8) is 0 Å². The molecule has 0 saturated carbocycles. The summed E-state index contributed by atoms with van der Waals surface area (Å²) in [4.78, 5) is 16.4. The number of nitrogens with one attached hydrogen (secondary N) is 1. The molecule has 0 aromatic carbocycles. The number of nitriles is 1. The average molecular weight is 246 g/mol. The highest BCUT2D eigenvalue weighted by molar-refractivity contribution is 5.65. The maximum absolute atomic E-state index is 10.8. The van der Waals surface area contributed by atoms with Gasteiger partial charge in [0.1, 0.15) is 11.9 Å². The monoisotopic (exact) mass is 246 g/mol. The number of anilines is 1. The first kappa shape index (κ1) is 12.2. The Morgan fingerprint density at radius 3 is 3.00 bits per heavy atom. The fraction of sp³-hybridized carbons (Fsp3) is 0.417. The van der Waals surface area contributed by atoms with Gasteiger partial charge in [-0.2, -0.15) is 5.26 Å². The van der Waals surface area contributed by atoms with E-state index in [4.69, 9.17) is 10.4 Å². The molecule has 1 aliphatic heterocycles. The van der Waals surface area contributed by atoms with E-state index in [1.807, 2.05) is 0 Å². The molecule has 18 heavy (non-hydrogen) atoms. The summed E-state index contributed by atoms with van der Waals surface area (Å²) in [6.45, 7) is 2.79. The molecule has 1 atom stereocenters. The lowest BCUT2D eigenvalue weighted by Gasteiger charge is -2.14. The fourth-order valence-corrected chi connectivity index (χ4v) is 2.02. The first-order chi connectivity index (χ1) is 8.60. The summed E-state index contributed by atoms with van der Waals surface area (Å²) in [7, 11) is 0. The van der Waals surface area contributed by atoms with Crippen molar-refractivity contribution in [3.8, 4) is 6.07 Å². The number of carboxylic acid groups (broad SMARTS) is 1. The molecule has 0 aliphatic carbocycles. The first-order valence-corrected chi connectivity index (χ1v) is 5.72. The van der Waals surface area contributed by atoms with Crippen LogP contribution in [-0.2, 0) is 0 Å². The van der Waals surface area contributed by atoms with E-state index in [0.29, 0.717) is 30.2 Å². The van der Waals surface area contributed by atoms with Gasteiger partial charge in [-0.15, -0.1) is 0 Å². The van der Waals surface area contributed by atoms with Gasteiger partial charge in [0, 0.05) is 19.1 Å². The number of pyridine rings is 1. The van der Waals surface area contributed by atoms with Crippen molar-refractivity contribution in [2.24, 2.45) is 0 Å². The Bertz CT molecular complexity index is 509. The Kier molecular flexibility index (Phi) is 3.33. The minimum Gasteiger partial charge on any atom is -0.465 e. The molecule has 1 aromatic heterocycles. The molecule has 0 bridgehead atoms. The van der Waals surface area contributed by atoms with E-state index in [9.17, 15) is 4.79 Å². The molecular formula is C12H14N4O2. The van der Waals surface area contributed by atoms with Gasteiger partial charge in [0.05, 0.1) is 11.3 Å². The van der Waals surface area contributed by atoms with Crippen LogP contribution in [0.1, 0.15) is 17.7 Å². The Hall–Kier alpha value is -2.29. The highest BCUT2D eigenvalue weighted by Crippen LogP contribution is 2.16. The van der Waals surface area contributed by atoms with Crippen LogP contribution in [0.25, 0.3) is 0 Å². The quantitative estimate of drug-likeness (QED) is 0.823. The van der Waals surface area contributed by atoms with Crippen molar-refractivity contribution in [1.82, 2.24) is 9.88 Å². The van der Waals surface area contributed by atoms with E-state index >= 15 is 0 Å². The molecule has 2 heterocycles. The molecule has 1 aromatic rings. The third-order valence-electron chi connectivity index (χ3n) is 3.02. The molecule has 2 N–H and O–H groups in total. The summed E-state index contributed by atoms with van der Waals surface area (Å²) in [6.07, 6.45) is -0.115. The Labute approximate surface area is 105 Å². The fourth-order valence-electron chi connectivity index (χ4n) is 2.02. The molecule has 6 nitrogen and oxygen atoms in total. The predicted octanol–water partition coefficient (Wildman–Crippen LogP) is 1.43. The van der Waals surface area contributed by atoms with Crippen LogP contribution in [0.3, 0.4) is 0 Å². The zero-order chi connectivity index (χ0) is 13.1. The summed E-state index contributed by atoms with van der Waals surface area (Å²) in [5.74, 6) is 0.684. The number of nitrogens with zero attached hydrogens (tertiary/aromatic N) is 3. The van der Waals surface area contributed by atoms with Crippen molar-refractivity contribution in [1.29, 1.82) is 5.26 Å². The van der Waals surface area contributed by atoms with Gasteiger partial charge in [-0.3, -0.25) is 0 Å². The van der Waals surface area contributed by atoms with E-state index in [0.717, 1.165) is 6.42 Å². The predicted molar refractivity (Wildman–Crippen MR) is 65.3 cm³/mol. The molecular weight excluding hydrogens is 232 g/mol. The van der Waals surface area contributed by atoms with E-state index in [1.54, 1.807) is 19.1 Å². The highest BCUT2D eigenvalue weighted by atomic mass is 16.4. The minimum absolute atomic E-state index is 0.0842. The third kappa shape index (κ3) is 2.51. The molecule has 94 valence electrons. The molecule has 6 heteroatoms. The van der Waals surface area contributed by atoms with Gasteiger partial charge in [-0.25, -0.2) is 9.78 Å². The second-order valence-corrected chi connectivity index (χ2v) is 4.30. The summed E-state index contributed by atoms with van der Waals surface area (Å²) in [5, 5.41) is 20.9. The SMILES string of the molecule is Cc1nc(N[C@H]2CCN(C(=O)O)C2)ccc1C#N. The second-order valence-electron chi connectivity index (χ2n) is 4.30. The van der Waals surface area contributed by atoms with Gasteiger partial charge in [-0.05, 0) is 25.5 Å². The highest BCUT2D eigenvalue weighted by Gasteiger charge is 2.25. The lowest BCUT2D eigenvalue weighted by molar-refractivity contribution is 0.155. The zero-order valence-electron chi connectivity index (χ0n) is 10.1. The summed E-state index contributed by atoms with van der Waals surface area (Å²) in [6, 6.07) is 5.61. The lowest BCUT2D eigenvalue weighted by atomic mass is 10.2. The molecule has 1 saturated heterocycles. The van der Waals surface area contributed by atoms with Crippen molar-refractivity contribution in [2.75, 3.05) is 18.4 Å². The Morgan fingerprint density at radius 2 is 2.44 bits per heavy atom. The number of hydrogen-bond donors (Lipinski definition) is 2. The normalized spacial score (nSPS) is 18.4. The van der Waals surface area contributed by atoms with Crippen LogP contribution in [0.4, 0.5) is 10.6 Å². The lowest BCUT2D eigenvalue weighted by Crippen LogP contribution is -2.30. The van der Waals surface area contributed by atoms with Crippen molar-refractivity contribution in [3.05, 3.63) is 23.4 Å². The van der Waals surface area contributed by atoms with Gasteiger partial charge in [0.15, 0.2) is 0 Å². The third-order valence-corrected chi connectivity index (χ3v) is 3.02. The van der Waals surface area contributed by atoms with Gasteiger partial charge in [0.25, 0.3) is 0 Å². The summed E-state index contributed by atoms with van der Waals surface area (Å²) < 4.78 is 0. The van der Waals surface area contributed by atoms with Crippen LogP contribution in [0.2, 0.25) is 0 Å². The number of likely N-dealkylation sites (tertiary alicyclic amines) is 1. The van der Waals surface area contributed by atoms with Crippen LogP contribution < -0.4 is 5.32 Å². The van der Waals surface area contributed by atoms with Crippen LogP contribution in [0.5, 0.6) is 0 Å². The minimum atomic E-state index is -0.886. The van der Waals surface area contributed by atoms with Crippen molar-refractivity contribution < 1.29 is 9.90 Å². The molecule has 2 rings (SSSR count). The number of aryl methyl sites for hydroxylation is 1. The Balaban J connectivity index is 2.01. The number of aromatic nitrogens is 1. The van der Waals surface area contributed by atoms with Crippen LogP contribution in [-0.4, -0.2) is 40.2 Å². The molecule has 1 amide bonds. The molecule has 1 aliphatic rings. The zero-order valence-corrected chi connectivity index (χ0v) is 10.1. The van der Waals surface area contributed by atoms with Crippen molar-refractivity contribution in [2.45, 2.75) is 19.4 Å². The van der Waals surface area contributed by atoms with E-state index in [1.165, 1.54) is 4.90 Å². The van der Waals surface area contributed by atoms with Gasteiger partial charge >= 0.3 is 6.09 Å². The van der Waals surface area contributed by atoms with E-state index in [-0.39, 0.29) is 6.04 Å². The van der Waals surface area contributed by atoms with Gasteiger partial charge < -0.3 is 15.3 Å². The number of hydrogen-bond acceptors (Lipinski definition) is 4. The topological polar surface area (TPSA) is 89.2 Å². The van der Waals surface area contributed by atoms with Crippen LogP contribution in [0, 0.1) is 18.3 Å². The average Bonchev–Trinajstić information content (AvgIpc) is 2.78. The van der Waals surface area contributed by atoms with Gasteiger partial charge in [-0.1, -0.05) is 0 Å². The molecule has 0 unspecified atom stereocenters. The smallest absolute Gasteiger partial charge is 0.407 e. The second kappa shape index (κ2) is 4.92. The molecule has 0 spiro atoms. The first-order valence-electron chi connectivity index (χ1n) is 5.72. The van der Waals surface area contributed by atoms with Crippen molar-refractivity contribution >= 4 is 11.9 Å². The van der Waals surface area contributed by atoms with Gasteiger partial charge in [0.2, 0.25) is 0 Å². The maximum Gasteiger partial charge on any atom is 0.407 e. The van der Waals surface area contributed by atoms with E-state index < -0.39 is 6.09 Å². The number of amides is 1. The molecule has 1 fully saturated rings. The molecule has 0 radical (unpaired) electrons. The summed E-state index contributed by atoms with van der Waals surface area (Å²) in [5.41, 5.74) is 1.23. The Morgan fingerprint density at radius 1 is 1.67 bits per heavy atom. The van der Waals surface area contributed by atoms with E-state index in [2.05, 4.69) is 16.4 Å². The maximum atomic E-state index is 10.8. The number of rotatable bonds is 2. The van der Waals surface area contributed by atoms with Crippen LogP contribution >= 0.6 is 0 Å². The summed E-state index contributed by atoms with van der Waals surface area (Å²) >= 11 is 0. The largest absolute Gasteiger partial charge is 0.465 e. The van der Waals surface area contributed by atoms with Crippen LogP contribution in [0.15, 0.2) is 12.1 Å².